The molecule has 1 N–H and O–H groups in total. The Morgan fingerprint density at radius 2 is 1.77 bits per heavy atom. The van der Waals surface area contributed by atoms with Gasteiger partial charge in [-0.3, -0.25) is 9.59 Å². The van der Waals surface area contributed by atoms with Crippen LogP contribution in [0.2, 0.25) is 19.6 Å². The first-order chi connectivity index (χ1) is 14.3. The molecule has 1 aliphatic rings. The molecule has 6 heteroatoms. The van der Waals surface area contributed by atoms with E-state index in [-0.39, 0.29) is 18.1 Å². The Balaban J connectivity index is 1.78. The average Bonchev–Trinajstić information content (AvgIpc) is 3.27. The van der Waals surface area contributed by atoms with Crippen LogP contribution in [0.4, 0.5) is 0 Å². The molecule has 160 valence electrons. The maximum atomic E-state index is 13.2. The van der Waals surface area contributed by atoms with E-state index in [0.29, 0.717) is 18.8 Å². The van der Waals surface area contributed by atoms with Crippen molar-refractivity contribution in [2.75, 3.05) is 13.7 Å². The number of nitrogens with one attached hydrogen (secondary N) is 1. The number of amides is 1. The van der Waals surface area contributed by atoms with Gasteiger partial charge in [0, 0.05) is 13.0 Å². The molecule has 0 aliphatic carbocycles. The van der Waals surface area contributed by atoms with Gasteiger partial charge in [-0.05, 0) is 36.1 Å². The Labute approximate surface area is 179 Å². The number of carbonyl (C=O) groups is 2. The Bertz CT molecular complexity index is 866. The zero-order valence-electron chi connectivity index (χ0n) is 18.2. The lowest BCUT2D eigenvalue weighted by Gasteiger charge is -2.21. The number of Topliss-reactive ketones (excluding diaryl/α,β-unsaturated/α-hetero) is 1. The van der Waals surface area contributed by atoms with Crippen molar-refractivity contribution in [1.82, 2.24) is 5.32 Å². The largest absolute Gasteiger partial charge is 0.497 e. The van der Waals surface area contributed by atoms with E-state index in [1.165, 1.54) is 5.19 Å². The zero-order valence-corrected chi connectivity index (χ0v) is 19.2. The molecule has 30 heavy (non-hydrogen) atoms. The SMILES string of the molecule is COc1ccc(C(NC(=O)C2CCCO2)C(=O)Cc2ccc([Si](C)(C)C)cc2)cc1. The molecule has 0 spiro atoms. The lowest BCUT2D eigenvalue weighted by molar-refractivity contribution is -0.134. The number of carbonyl (C=O) groups excluding carboxylic acids is 2. The third kappa shape index (κ3) is 5.58. The molecule has 1 fully saturated rings. The molecule has 2 aromatic carbocycles. The summed E-state index contributed by atoms with van der Waals surface area (Å²) in [5.74, 6) is 0.431. The van der Waals surface area contributed by atoms with Crippen molar-refractivity contribution >= 4 is 25.0 Å². The minimum absolute atomic E-state index is 0.0488. The molecule has 1 heterocycles. The third-order valence-corrected chi connectivity index (χ3v) is 7.54. The number of hydrogen-bond acceptors (Lipinski definition) is 4. The van der Waals surface area contributed by atoms with Crippen LogP contribution >= 0.6 is 0 Å². The van der Waals surface area contributed by atoms with Gasteiger partial charge in [-0.1, -0.05) is 61.2 Å². The lowest BCUT2D eigenvalue weighted by atomic mass is 9.97. The van der Waals surface area contributed by atoms with Gasteiger partial charge < -0.3 is 14.8 Å². The van der Waals surface area contributed by atoms with Crippen molar-refractivity contribution in [3.8, 4) is 5.75 Å². The summed E-state index contributed by atoms with van der Waals surface area (Å²) in [6.45, 7) is 7.48. The van der Waals surface area contributed by atoms with Crippen LogP contribution in [0, 0.1) is 0 Å². The van der Waals surface area contributed by atoms with E-state index in [9.17, 15) is 9.59 Å². The van der Waals surface area contributed by atoms with Crippen LogP contribution in [0.5, 0.6) is 5.75 Å². The first-order valence-corrected chi connectivity index (χ1v) is 14.0. The third-order valence-electron chi connectivity index (χ3n) is 5.48. The van der Waals surface area contributed by atoms with Crippen LogP contribution in [0.1, 0.15) is 30.0 Å². The second kappa shape index (κ2) is 9.58. The average molecular weight is 426 g/mol. The van der Waals surface area contributed by atoms with E-state index in [0.717, 1.165) is 17.5 Å². The summed E-state index contributed by atoms with van der Waals surface area (Å²) in [6.07, 6.45) is 1.33. The van der Waals surface area contributed by atoms with Crippen molar-refractivity contribution < 1.29 is 19.1 Å². The van der Waals surface area contributed by atoms with E-state index in [1.54, 1.807) is 19.2 Å². The molecule has 3 rings (SSSR count). The first kappa shape index (κ1) is 22.2. The maximum absolute atomic E-state index is 13.2. The Morgan fingerprint density at radius 1 is 1.10 bits per heavy atom. The topological polar surface area (TPSA) is 64.6 Å². The van der Waals surface area contributed by atoms with Gasteiger partial charge in [-0.25, -0.2) is 0 Å². The molecule has 0 saturated carbocycles. The molecule has 1 saturated heterocycles. The summed E-state index contributed by atoms with van der Waals surface area (Å²) < 4.78 is 10.7. The van der Waals surface area contributed by atoms with Crippen LogP contribution in [0.15, 0.2) is 48.5 Å². The number of rotatable bonds is 8. The zero-order chi connectivity index (χ0) is 21.7. The molecule has 1 aliphatic heterocycles. The number of ether oxygens (including phenoxy) is 2. The van der Waals surface area contributed by atoms with Crippen LogP contribution < -0.4 is 15.2 Å². The highest BCUT2D eigenvalue weighted by molar-refractivity contribution is 6.88. The molecule has 0 radical (unpaired) electrons. The van der Waals surface area contributed by atoms with Crippen molar-refractivity contribution in [1.29, 1.82) is 0 Å². The first-order valence-electron chi connectivity index (χ1n) is 10.5. The van der Waals surface area contributed by atoms with E-state index >= 15 is 0 Å². The van der Waals surface area contributed by atoms with Gasteiger partial charge in [0.2, 0.25) is 5.91 Å². The summed E-state index contributed by atoms with van der Waals surface area (Å²) in [6, 6.07) is 14.8. The van der Waals surface area contributed by atoms with E-state index in [4.69, 9.17) is 9.47 Å². The number of hydrogen-bond donors (Lipinski definition) is 1. The highest BCUT2D eigenvalue weighted by Crippen LogP contribution is 2.22. The van der Waals surface area contributed by atoms with Crippen molar-refractivity contribution in [2.24, 2.45) is 0 Å². The summed E-state index contributed by atoms with van der Waals surface area (Å²) >= 11 is 0. The lowest BCUT2D eigenvalue weighted by Crippen LogP contribution is -2.40. The molecule has 2 atom stereocenters. The Hall–Kier alpha value is -2.44. The number of methoxy groups -OCH3 is 1. The predicted octanol–water partition coefficient (Wildman–Crippen LogP) is 3.39. The van der Waals surface area contributed by atoms with Crippen molar-refractivity contribution in [3.05, 3.63) is 59.7 Å². The molecule has 0 aromatic heterocycles. The van der Waals surface area contributed by atoms with Crippen LogP contribution in [0.3, 0.4) is 0 Å². The molecule has 5 nitrogen and oxygen atoms in total. The summed E-state index contributed by atoms with van der Waals surface area (Å²) in [4.78, 5) is 25.9. The van der Waals surface area contributed by atoms with E-state index in [2.05, 4.69) is 37.1 Å². The Morgan fingerprint density at radius 3 is 2.30 bits per heavy atom. The normalized spacial score (nSPS) is 17.4. The molecular formula is C24H31NO4Si. The summed E-state index contributed by atoms with van der Waals surface area (Å²) in [5, 5.41) is 4.28. The molecule has 2 aromatic rings. The molecule has 2 unspecified atom stereocenters. The summed E-state index contributed by atoms with van der Waals surface area (Å²) in [7, 11) is 0.214. The van der Waals surface area contributed by atoms with Crippen LogP contribution in [-0.4, -0.2) is 39.6 Å². The quantitative estimate of drug-likeness (QED) is 0.659. The summed E-state index contributed by atoms with van der Waals surface area (Å²) in [5.41, 5.74) is 1.69. The van der Waals surface area contributed by atoms with Gasteiger partial charge in [0.25, 0.3) is 0 Å². The molecule has 1 amide bonds. The number of benzene rings is 2. The maximum Gasteiger partial charge on any atom is 0.249 e. The van der Waals surface area contributed by atoms with Gasteiger partial charge in [-0.2, -0.15) is 0 Å². The second-order valence-electron chi connectivity index (χ2n) is 8.81. The highest BCUT2D eigenvalue weighted by Gasteiger charge is 2.29. The second-order valence-corrected chi connectivity index (χ2v) is 13.9. The van der Waals surface area contributed by atoms with Crippen LogP contribution in [-0.2, 0) is 20.7 Å². The number of ketones is 1. The van der Waals surface area contributed by atoms with Gasteiger partial charge in [-0.15, -0.1) is 0 Å². The smallest absolute Gasteiger partial charge is 0.249 e. The van der Waals surface area contributed by atoms with Gasteiger partial charge in [0.15, 0.2) is 5.78 Å². The van der Waals surface area contributed by atoms with E-state index < -0.39 is 20.2 Å². The van der Waals surface area contributed by atoms with Crippen molar-refractivity contribution in [2.45, 2.75) is 51.0 Å². The monoisotopic (exact) mass is 425 g/mol. The van der Waals surface area contributed by atoms with Gasteiger partial charge in [0.1, 0.15) is 17.9 Å². The fourth-order valence-electron chi connectivity index (χ4n) is 3.59. The van der Waals surface area contributed by atoms with Crippen molar-refractivity contribution in [3.63, 3.8) is 0 Å². The van der Waals surface area contributed by atoms with Gasteiger partial charge >= 0.3 is 0 Å². The standard InChI is InChI=1S/C24H31NO4Si/c1-28-19-11-9-18(10-12-19)23(25-24(27)22-6-5-15-29-22)21(26)16-17-7-13-20(14-8-17)30(2,3)4/h7-14,22-23H,5-6,15-16H2,1-4H3,(H,25,27). The van der Waals surface area contributed by atoms with Crippen LogP contribution in [0.25, 0.3) is 0 Å². The van der Waals surface area contributed by atoms with E-state index in [1.807, 2.05) is 24.3 Å². The molecule has 0 bridgehead atoms. The highest BCUT2D eigenvalue weighted by atomic mass is 28.3. The fraction of sp³-hybridized carbons (Fsp3) is 0.417. The minimum Gasteiger partial charge on any atom is -0.497 e. The minimum atomic E-state index is -1.38. The predicted molar refractivity (Wildman–Crippen MR) is 121 cm³/mol. The molecular weight excluding hydrogens is 394 g/mol. The fourth-order valence-corrected chi connectivity index (χ4v) is 4.76. The Kier molecular flexibility index (Phi) is 7.10. The van der Waals surface area contributed by atoms with Gasteiger partial charge in [0.05, 0.1) is 15.2 Å².